The number of carbonyl (C=O) groups excluding carboxylic acids is 1. The molecule has 2 aliphatic rings. The average Bonchev–Trinajstić information content (AvgIpc) is 2.69. The van der Waals surface area contributed by atoms with Crippen LogP contribution in [0, 0.1) is 0 Å². The number of piperidine rings is 1. The predicted octanol–water partition coefficient (Wildman–Crippen LogP) is 5.57. The molecule has 3 rings (SSSR count). The van der Waals surface area contributed by atoms with Crippen LogP contribution in [0.15, 0.2) is 29.2 Å². The summed E-state index contributed by atoms with van der Waals surface area (Å²) in [5.41, 5.74) is 0. The Morgan fingerprint density at radius 2 is 1.58 bits per heavy atom. The highest BCUT2D eigenvalue weighted by atomic mass is 35.5. The van der Waals surface area contributed by atoms with Gasteiger partial charge in [0.2, 0.25) is 10.0 Å². The quantitative estimate of drug-likeness (QED) is 0.586. The summed E-state index contributed by atoms with van der Waals surface area (Å²) in [5, 5.41) is 6.22. The summed E-state index contributed by atoms with van der Waals surface area (Å²) < 4.78 is 27.8. The van der Waals surface area contributed by atoms with E-state index < -0.39 is 10.0 Å². The van der Waals surface area contributed by atoms with E-state index in [0.717, 1.165) is 44.9 Å². The van der Waals surface area contributed by atoms with Crippen LogP contribution in [0.2, 0.25) is 5.02 Å². The van der Waals surface area contributed by atoms with Gasteiger partial charge in [-0.05, 0) is 37.8 Å². The maximum Gasteiger partial charge on any atom is 0.315 e. The molecule has 31 heavy (non-hydrogen) atoms. The molecule has 2 amide bonds. The molecule has 0 spiro atoms. The van der Waals surface area contributed by atoms with Gasteiger partial charge in [-0.25, -0.2) is 13.2 Å². The number of rotatable bonds is 5. The molecule has 1 heterocycles. The lowest BCUT2D eigenvalue weighted by Gasteiger charge is -2.35. The molecule has 0 radical (unpaired) electrons. The highest BCUT2D eigenvalue weighted by Crippen LogP contribution is 2.29. The number of hydrogen-bond donors (Lipinski definition) is 2. The third-order valence-corrected chi connectivity index (χ3v) is 8.39. The van der Waals surface area contributed by atoms with E-state index in [0.29, 0.717) is 13.1 Å². The minimum Gasteiger partial charge on any atom is -0.337 e. The summed E-state index contributed by atoms with van der Waals surface area (Å²) in [6.45, 7) is 0.756. The van der Waals surface area contributed by atoms with Crippen LogP contribution in [0.5, 0.6) is 0 Å². The van der Waals surface area contributed by atoms with Gasteiger partial charge in [0.15, 0.2) is 0 Å². The Bertz CT molecular complexity index is 780. The summed E-state index contributed by atoms with van der Waals surface area (Å²) in [7, 11) is -3.70. The molecular formula is C23H40ClN3O3S. The fraction of sp³-hybridized carbons (Fsp3) is 0.696. The first-order valence-corrected chi connectivity index (χ1v) is 12.6. The van der Waals surface area contributed by atoms with E-state index in [1.165, 1.54) is 29.6 Å². The van der Waals surface area contributed by atoms with Crippen LogP contribution in [-0.4, -0.2) is 43.9 Å². The Labute approximate surface area is 194 Å². The van der Waals surface area contributed by atoms with Gasteiger partial charge < -0.3 is 10.6 Å². The van der Waals surface area contributed by atoms with Crippen LogP contribution in [0.4, 0.5) is 4.79 Å². The van der Waals surface area contributed by atoms with Crippen molar-refractivity contribution in [1.29, 1.82) is 0 Å². The second-order valence-corrected chi connectivity index (χ2v) is 10.4. The van der Waals surface area contributed by atoms with Crippen molar-refractivity contribution < 1.29 is 13.2 Å². The molecule has 1 aliphatic heterocycles. The smallest absolute Gasteiger partial charge is 0.315 e. The van der Waals surface area contributed by atoms with E-state index in [-0.39, 0.29) is 42.9 Å². The fourth-order valence-corrected chi connectivity index (χ4v) is 6.51. The number of benzene rings is 1. The Hall–Kier alpha value is -1.31. The molecule has 1 saturated carbocycles. The zero-order valence-electron chi connectivity index (χ0n) is 16.9. The van der Waals surface area contributed by atoms with E-state index >= 15 is 0 Å². The molecule has 2 N–H and O–H groups in total. The van der Waals surface area contributed by atoms with Gasteiger partial charge in [0.25, 0.3) is 0 Å². The second kappa shape index (κ2) is 13.3. The predicted molar refractivity (Wildman–Crippen MR) is 129 cm³/mol. The number of halogens is 1. The van der Waals surface area contributed by atoms with Crippen LogP contribution in [0.1, 0.15) is 79.1 Å². The van der Waals surface area contributed by atoms with Gasteiger partial charge in [-0.2, -0.15) is 4.31 Å². The van der Waals surface area contributed by atoms with Crippen molar-refractivity contribution in [2.24, 2.45) is 0 Å². The third kappa shape index (κ3) is 7.65. The van der Waals surface area contributed by atoms with Crippen LogP contribution in [0.25, 0.3) is 0 Å². The van der Waals surface area contributed by atoms with Crippen molar-refractivity contribution in [3.63, 3.8) is 0 Å². The standard InChI is InChI=1S/C21H32ClN3O3S.2CH4/c22-19-13-6-7-14-20(19)29(27,28)25-15-9-8-12-18(25)16-23-21(26)24-17-10-4-2-1-3-5-11-17;;/h6-7,13-14,17-18H,1-5,8-12,15-16H2,(H2,23,24,26);2*1H4. The summed E-state index contributed by atoms with van der Waals surface area (Å²) >= 11 is 6.15. The minimum atomic E-state index is -3.70. The number of nitrogens with zero attached hydrogens (tertiary/aromatic N) is 1. The van der Waals surface area contributed by atoms with Gasteiger partial charge in [0.05, 0.1) is 5.02 Å². The highest BCUT2D eigenvalue weighted by molar-refractivity contribution is 7.89. The van der Waals surface area contributed by atoms with Crippen molar-refractivity contribution in [2.75, 3.05) is 13.1 Å². The van der Waals surface area contributed by atoms with E-state index in [4.69, 9.17) is 11.6 Å². The van der Waals surface area contributed by atoms with Gasteiger partial charge in [-0.1, -0.05) is 77.1 Å². The largest absolute Gasteiger partial charge is 0.337 e. The zero-order valence-corrected chi connectivity index (χ0v) is 18.5. The summed E-state index contributed by atoms with van der Waals surface area (Å²) in [6, 6.07) is 6.29. The zero-order chi connectivity index (χ0) is 20.7. The first-order valence-electron chi connectivity index (χ1n) is 10.8. The Morgan fingerprint density at radius 1 is 0.968 bits per heavy atom. The van der Waals surface area contributed by atoms with Gasteiger partial charge >= 0.3 is 6.03 Å². The Morgan fingerprint density at radius 3 is 2.26 bits per heavy atom. The molecule has 1 saturated heterocycles. The molecule has 1 unspecified atom stereocenters. The Balaban J connectivity index is 0.00000240. The molecule has 1 atom stereocenters. The summed E-state index contributed by atoms with van der Waals surface area (Å²) in [4.78, 5) is 12.6. The van der Waals surface area contributed by atoms with E-state index in [1.807, 2.05) is 0 Å². The molecule has 0 bridgehead atoms. The molecule has 0 aromatic heterocycles. The van der Waals surface area contributed by atoms with Crippen molar-refractivity contribution in [1.82, 2.24) is 14.9 Å². The van der Waals surface area contributed by atoms with Crippen LogP contribution >= 0.6 is 11.6 Å². The molecule has 6 nitrogen and oxygen atoms in total. The van der Waals surface area contributed by atoms with Crippen molar-refractivity contribution in [3.8, 4) is 0 Å². The first kappa shape index (κ1) is 27.7. The van der Waals surface area contributed by atoms with Crippen LogP contribution < -0.4 is 10.6 Å². The molecule has 2 fully saturated rings. The molecule has 1 aromatic carbocycles. The van der Waals surface area contributed by atoms with Crippen molar-refractivity contribution in [3.05, 3.63) is 29.3 Å². The maximum atomic E-state index is 13.2. The lowest BCUT2D eigenvalue weighted by atomic mass is 9.97. The number of urea groups is 1. The molecule has 1 aromatic rings. The van der Waals surface area contributed by atoms with Crippen molar-refractivity contribution >= 4 is 27.7 Å². The normalized spacial score (nSPS) is 21.0. The van der Waals surface area contributed by atoms with Gasteiger partial charge in [-0.3, -0.25) is 0 Å². The number of sulfonamides is 1. The summed E-state index contributed by atoms with van der Waals surface area (Å²) in [6.07, 6.45) is 10.6. The number of carbonyl (C=O) groups is 1. The van der Waals surface area contributed by atoms with E-state index in [1.54, 1.807) is 18.2 Å². The number of amides is 2. The lowest BCUT2D eigenvalue weighted by Crippen LogP contribution is -2.51. The first-order chi connectivity index (χ1) is 14.0. The molecule has 8 heteroatoms. The van der Waals surface area contributed by atoms with Gasteiger partial charge in [0.1, 0.15) is 4.90 Å². The summed E-state index contributed by atoms with van der Waals surface area (Å²) in [5.74, 6) is 0. The van der Waals surface area contributed by atoms with Gasteiger partial charge in [0, 0.05) is 25.2 Å². The van der Waals surface area contributed by atoms with E-state index in [2.05, 4.69) is 10.6 Å². The SMILES string of the molecule is C.C.O=C(NCC1CCCCN1S(=O)(=O)c1ccccc1Cl)NC1CCCCCCC1. The topological polar surface area (TPSA) is 78.5 Å². The molecule has 1 aliphatic carbocycles. The maximum absolute atomic E-state index is 13.2. The number of nitrogens with one attached hydrogen (secondary N) is 2. The van der Waals surface area contributed by atoms with E-state index in [9.17, 15) is 13.2 Å². The third-order valence-electron chi connectivity index (χ3n) is 5.94. The lowest BCUT2D eigenvalue weighted by molar-refractivity contribution is 0.219. The molecular weight excluding hydrogens is 434 g/mol. The monoisotopic (exact) mass is 473 g/mol. The number of hydrogen-bond acceptors (Lipinski definition) is 3. The average molecular weight is 474 g/mol. The van der Waals surface area contributed by atoms with Crippen LogP contribution in [-0.2, 0) is 10.0 Å². The highest BCUT2D eigenvalue weighted by Gasteiger charge is 2.34. The minimum absolute atomic E-state index is 0. The second-order valence-electron chi connectivity index (χ2n) is 8.09. The van der Waals surface area contributed by atoms with Crippen LogP contribution in [0.3, 0.4) is 0 Å². The van der Waals surface area contributed by atoms with Gasteiger partial charge in [-0.15, -0.1) is 0 Å². The Kier molecular flexibility index (Phi) is 11.9. The molecule has 178 valence electrons. The van der Waals surface area contributed by atoms with Crippen molar-refractivity contribution in [2.45, 2.75) is 96.0 Å². The fourth-order valence-electron chi connectivity index (χ4n) is 4.32.